The number of rotatable bonds is 6. The SMILES string of the molecule is O=C(COc1ccc(S(=O)(=O)N2CCCCC2)cc1)Nc1ccc(F)cc1. The van der Waals surface area contributed by atoms with Crippen LogP contribution in [0.3, 0.4) is 0 Å². The summed E-state index contributed by atoms with van der Waals surface area (Å²) in [6.07, 6.45) is 2.81. The second-order valence-electron chi connectivity index (χ2n) is 6.28. The third-order valence-electron chi connectivity index (χ3n) is 4.27. The summed E-state index contributed by atoms with van der Waals surface area (Å²) in [6, 6.07) is 11.4. The Balaban J connectivity index is 1.55. The van der Waals surface area contributed by atoms with E-state index in [1.807, 2.05) is 0 Å². The van der Waals surface area contributed by atoms with Crippen molar-refractivity contribution >= 4 is 21.6 Å². The van der Waals surface area contributed by atoms with E-state index >= 15 is 0 Å². The molecule has 6 nitrogen and oxygen atoms in total. The molecule has 2 aromatic rings. The highest BCUT2D eigenvalue weighted by molar-refractivity contribution is 7.89. The quantitative estimate of drug-likeness (QED) is 0.820. The van der Waals surface area contributed by atoms with Gasteiger partial charge in [0.2, 0.25) is 10.0 Å². The first-order chi connectivity index (χ1) is 12.9. The van der Waals surface area contributed by atoms with E-state index in [-0.39, 0.29) is 17.3 Å². The fourth-order valence-corrected chi connectivity index (χ4v) is 4.36. The van der Waals surface area contributed by atoms with Gasteiger partial charge in [0.1, 0.15) is 11.6 Å². The van der Waals surface area contributed by atoms with Gasteiger partial charge in [0.05, 0.1) is 4.90 Å². The second kappa shape index (κ2) is 8.49. The van der Waals surface area contributed by atoms with Gasteiger partial charge in [-0.3, -0.25) is 4.79 Å². The number of anilines is 1. The molecule has 0 spiro atoms. The van der Waals surface area contributed by atoms with Crippen LogP contribution in [-0.2, 0) is 14.8 Å². The van der Waals surface area contributed by atoms with Crippen LogP contribution >= 0.6 is 0 Å². The number of nitrogens with one attached hydrogen (secondary N) is 1. The molecule has 1 aliphatic rings. The Morgan fingerprint density at radius 2 is 1.63 bits per heavy atom. The van der Waals surface area contributed by atoms with Crippen LogP contribution in [0.15, 0.2) is 53.4 Å². The summed E-state index contributed by atoms with van der Waals surface area (Å²) in [5, 5.41) is 2.58. The van der Waals surface area contributed by atoms with E-state index < -0.39 is 15.9 Å². The van der Waals surface area contributed by atoms with Crippen LogP contribution in [-0.4, -0.2) is 38.3 Å². The van der Waals surface area contributed by atoms with Gasteiger partial charge < -0.3 is 10.1 Å². The summed E-state index contributed by atoms with van der Waals surface area (Å²) >= 11 is 0. The Hall–Kier alpha value is -2.45. The van der Waals surface area contributed by atoms with E-state index in [0.29, 0.717) is 24.5 Å². The molecular formula is C19H21FN2O4S. The smallest absolute Gasteiger partial charge is 0.262 e. The average Bonchev–Trinajstić information content (AvgIpc) is 2.69. The fraction of sp³-hybridized carbons (Fsp3) is 0.316. The first-order valence-corrected chi connectivity index (χ1v) is 10.2. The van der Waals surface area contributed by atoms with Crippen LogP contribution in [0.1, 0.15) is 19.3 Å². The lowest BCUT2D eigenvalue weighted by Gasteiger charge is -2.25. The summed E-state index contributed by atoms with van der Waals surface area (Å²) in [6.45, 7) is 0.851. The number of carbonyl (C=O) groups excluding carboxylic acids is 1. The van der Waals surface area contributed by atoms with E-state index in [1.165, 1.54) is 52.8 Å². The van der Waals surface area contributed by atoms with Crippen molar-refractivity contribution in [2.75, 3.05) is 25.0 Å². The molecule has 0 radical (unpaired) electrons. The lowest BCUT2D eigenvalue weighted by atomic mass is 10.2. The summed E-state index contributed by atoms with van der Waals surface area (Å²) in [7, 11) is -3.49. The fourth-order valence-electron chi connectivity index (χ4n) is 2.84. The van der Waals surface area contributed by atoms with Gasteiger partial charge in [-0.1, -0.05) is 6.42 Å². The highest BCUT2D eigenvalue weighted by atomic mass is 32.2. The minimum atomic E-state index is -3.49. The zero-order valence-corrected chi connectivity index (χ0v) is 15.5. The molecule has 3 rings (SSSR count). The maximum Gasteiger partial charge on any atom is 0.262 e. The zero-order chi connectivity index (χ0) is 19.3. The van der Waals surface area contributed by atoms with Gasteiger partial charge >= 0.3 is 0 Å². The molecule has 0 atom stereocenters. The lowest BCUT2D eigenvalue weighted by molar-refractivity contribution is -0.118. The molecule has 144 valence electrons. The predicted molar refractivity (Wildman–Crippen MR) is 99.6 cm³/mol. The van der Waals surface area contributed by atoms with Crippen molar-refractivity contribution in [3.63, 3.8) is 0 Å². The standard InChI is InChI=1S/C19H21FN2O4S/c20-15-4-6-16(7-5-15)21-19(23)14-26-17-8-10-18(11-9-17)27(24,25)22-12-2-1-3-13-22/h4-11H,1-3,12-14H2,(H,21,23). The highest BCUT2D eigenvalue weighted by Crippen LogP contribution is 2.22. The Morgan fingerprint density at radius 1 is 1.00 bits per heavy atom. The number of halogens is 1. The van der Waals surface area contributed by atoms with Gasteiger partial charge in [0, 0.05) is 18.8 Å². The Bertz CT molecular complexity index is 877. The van der Waals surface area contributed by atoms with Crippen molar-refractivity contribution < 1.29 is 22.3 Å². The normalized spacial score (nSPS) is 15.3. The molecule has 8 heteroatoms. The molecule has 1 saturated heterocycles. The van der Waals surface area contributed by atoms with Crippen LogP contribution in [0, 0.1) is 5.82 Å². The lowest BCUT2D eigenvalue weighted by Crippen LogP contribution is -2.35. The number of benzene rings is 2. The van der Waals surface area contributed by atoms with Crippen molar-refractivity contribution in [2.24, 2.45) is 0 Å². The average molecular weight is 392 g/mol. The largest absolute Gasteiger partial charge is 0.484 e. The predicted octanol–water partition coefficient (Wildman–Crippen LogP) is 3.02. The van der Waals surface area contributed by atoms with Gasteiger partial charge in [-0.05, 0) is 61.4 Å². The molecule has 0 saturated carbocycles. The minimum absolute atomic E-state index is 0.215. The van der Waals surface area contributed by atoms with Crippen molar-refractivity contribution in [1.29, 1.82) is 0 Å². The first-order valence-electron chi connectivity index (χ1n) is 8.73. The van der Waals surface area contributed by atoms with Crippen LogP contribution < -0.4 is 10.1 Å². The molecule has 0 aliphatic carbocycles. The van der Waals surface area contributed by atoms with Crippen molar-refractivity contribution in [2.45, 2.75) is 24.2 Å². The van der Waals surface area contributed by atoms with Gasteiger partial charge in [-0.25, -0.2) is 12.8 Å². The maximum atomic E-state index is 12.8. The van der Waals surface area contributed by atoms with Gasteiger partial charge in [0.15, 0.2) is 6.61 Å². The molecule has 0 bridgehead atoms. The summed E-state index contributed by atoms with van der Waals surface area (Å²) < 4.78 is 44.9. The maximum absolute atomic E-state index is 12.8. The monoisotopic (exact) mass is 392 g/mol. The van der Waals surface area contributed by atoms with E-state index in [0.717, 1.165) is 19.3 Å². The molecule has 1 amide bonds. The Kier molecular flexibility index (Phi) is 6.08. The zero-order valence-electron chi connectivity index (χ0n) is 14.7. The molecule has 1 fully saturated rings. The highest BCUT2D eigenvalue weighted by Gasteiger charge is 2.25. The summed E-state index contributed by atoms with van der Waals surface area (Å²) in [5.74, 6) is -0.391. The number of carbonyl (C=O) groups is 1. The molecule has 0 aromatic heterocycles. The number of amides is 1. The molecular weight excluding hydrogens is 371 g/mol. The molecule has 27 heavy (non-hydrogen) atoms. The van der Waals surface area contributed by atoms with Crippen molar-refractivity contribution in [1.82, 2.24) is 4.31 Å². The molecule has 2 aromatic carbocycles. The van der Waals surface area contributed by atoms with E-state index in [2.05, 4.69) is 5.32 Å². The van der Waals surface area contributed by atoms with Crippen LogP contribution in [0.5, 0.6) is 5.75 Å². The van der Waals surface area contributed by atoms with E-state index in [4.69, 9.17) is 4.74 Å². The topological polar surface area (TPSA) is 75.7 Å². The summed E-state index contributed by atoms with van der Waals surface area (Å²) in [5.41, 5.74) is 0.466. The number of hydrogen-bond donors (Lipinski definition) is 1. The molecule has 1 aliphatic heterocycles. The van der Waals surface area contributed by atoms with Crippen molar-refractivity contribution in [3.05, 3.63) is 54.3 Å². The molecule has 1 N–H and O–H groups in total. The van der Waals surface area contributed by atoms with E-state index in [1.54, 1.807) is 0 Å². The van der Waals surface area contributed by atoms with Crippen LogP contribution in [0.2, 0.25) is 0 Å². The minimum Gasteiger partial charge on any atom is -0.484 e. The number of sulfonamides is 1. The number of piperidine rings is 1. The molecule has 0 unspecified atom stereocenters. The first kappa shape index (κ1) is 19.3. The Labute approximate surface area is 158 Å². The van der Waals surface area contributed by atoms with Gasteiger partial charge in [-0.15, -0.1) is 0 Å². The Morgan fingerprint density at radius 3 is 2.26 bits per heavy atom. The number of ether oxygens (including phenoxy) is 1. The van der Waals surface area contributed by atoms with Gasteiger partial charge in [0.25, 0.3) is 5.91 Å². The van der Waals surface area contributed by atoms with Crippen LogP contribution in [0.25, 0.3) is 0 Å². The van der Waals surface area contributed by atoms with Crippen LogP contribution in [0.4, 0.5) is 10.1 Å². The second-order valence-corrected chi connectivity index (χ2v) is 8.22. The van der Waals surface area contributed by atoms with Crippen molar-refractivity contribution in [3.8, 4) is 5.75 Å². The number of hydrogen-bond acceptors (Lipinski definition) is 4. The number of nitrogens with zero attached hydrogens (tertiary/aromatic N) is 1. The molecule has 1 heterocycles. The summed E-state index contributed by atoms with van der Waals surface area (Å²) in [4.78, 5) is 12.1. The van der Waals surface area contributed by atoms with E-state index in [9.17, 15) is 17.6 Å². The third kappa shape index (κ3) is 5.05. The van der Waals surface area contributed by atoms with Gasteiger partial charge in [-0.2, -0.15) is 4.31 Å². The third-order valence-corrected chi connectivity index (χ3v) is 6.19.